The first-order valence-corrected chi connectivity index (χ1v) is 21.1. The maximum atomic E-state index is 13.9. The number of sulfonamides is 1. The number of nitrogens with one attached hydrogen (secondary N) is 2. The van der Waals surface area contributed by atoms with Gasteiger partial charge in [-0.25, -0.2) is 8.42 Å². The van der Waals surface area contributed by atoms with Crippen molar-refractivity contribution in [2.75, 3.05) is 35.2 Å². The minimum atomic E-state index is -4.02. The summed E-state index contributed by atoms with van der Waals surface area (Å²) >= 11 is 0. The normalized spacial score (nSPS) is 16.6. The molecule has 2 aliphatic rings. The summed E-state index contributed by atoms with van der Waals surface area (Å²) in [5.74, 6) is -3.89. The molecule has 1 aliphatic carbocycles. The van der Waals surface area contributed by atoms with Crippen LogP contribution in [0.25, 0.3) is 0 Å². The molecular formula is C44H48K2N4O8S. The van der Waals surface area contributed by atoms with Crippen molar-refractivity contribution < 1.29 is 141 Å². The zero-order chi connectivity index (χ0) is 40.5. The van der Waals surface area contributed by atoms with E-state index < -0.39 is 39.7 Å². The first-order valence-electron chi connectivity index (χ1n) is 19.7. The molecular weight excluding hydrogens is 823 g/mol. The Bertz CT molecular complexity index is 2190. The molecule has 1 heterocycles. The molecule has 4 aromatic carbocycles. The van der Waals surface area contributed by atoms with E-state index in [4.69, 9.17) is 0 Å². The van der Waals surface area contributed by atoms with Gasteiger partial charge in [0.25, 0.3) is 11.8 Å². The van der Waals surface area contributed by atoms with Gasteiger partial charge in [0, 0.05) is 48.6 Å². The fraction of sp³-hybridized carbons (Fsp3) is 0.364. The average molecular weight is 871 g/mol. The third kappa shape index (κ3) is 13.1. The number of benzene rings is 4. The van der Waals surface area contributed by atoms with Crippen LogP contribution in [0.5, 0.6) is 0 Å². The first kappa shape index (κ1) is 49.4. The average Bonchev–Trinajstić information content (AvgIpc) is 3.22. The van der Waals surface area contributed by atoms with E-state index in [1.54, 1.807) is 43.3 Å². The van der Waals surface area contributed by atoms with Gasteiger partial charge >= 0.3 is 103 Å². The summed E-state index contributed by atoms with van der Waals surface area (Å²) in [5.41, 5.74) is 4.33. The van der Waals surface area contributed by atoms with Crippen molar-refractivity contribution in [3.8, 4) is 0 Å². The van der Waals surface area contributed by atoms with Crippen LogP contribution in [0.1, 0.15) is 100 Å². The Kier molecular flexibility index (Phi) is 19.5. The van der Waals surface area contributed by atoms with E-state index in [1.165, 1.54) is 28.6 Å². The second-order valence-electron chi connectivity index (χ2n) is 14.8. The predicted octanol–water partition coefficient (Wildman–Crippen LogP) is -0.952. The van der Waals surface area contributed by atoms with Gasteiger partial charge in [-0.05, 0) is 135 Å². The summed E-state index contributed by atoms with van der Waals surface area (Å²) in [6.07, 6.45) is 7.12. The van der Waals surface area contributed by atoms with E-state index in [1.807, 2.05) is 30.3 Å². The molecule has 4 aromatic rings. The Balaban J connectivity index is 0.00000384. The van der Waals surface area contributed by atoms with Gasteiger partial charge in [0.2, 0.25) is 10.0 Å². The standard InChI is InChI=1S/C44H50N4O8S.2K/c1-2-48(36-22-18-33(19-23-36)44(53)54)57(55,56)38-11-7-10-34(28-38)41(49)46-40-25-24-37(47-26-4-3-5-27-47)29-39(40)42(50)45-35-20-14-31(15-21-35)9-6-8-30-12-16-32(17-13-30)43(51)52;;/h7,10-17,20-21,24-25,28-29,33,36H,2-6,8-9,18-19,22-23,26-27H2,1H3,(H,45,50)(H,46,49)(H,51,52)(H,53,54);;/q;2*+1/p-2. The SMILES string of the molecule is CCN(C1CCC(C(=O)[O-])CC1)S(=O)(=O)c1cccc(C(=O)Nc2ccc(N3CCCCC3)cc2C(=O)Nc2ccc(CCCc3ccc(C(=O)[O-])cc3)cc2)c1.[K+].[K+]. The van der Waals surface area contributed by atoms with Crippen LogP contribution in [0.3, 0.4) is 0 Å². The molecule has 2 fully saturated rings. The van der Waals surface area contributed by atoms with Crippen LogP contribution in [0.4, 0.5) is 17.1 Å². The second kappa shape index (κ2) is 23.3. The summed E-state index contributed by atoms with van der Waals surface area (Å²) in [5, 5.41) is 28.2. The number of nitrogens with zero attached hydrogens (tertiary/aromatic N) is 2. The number of hydrogen-bond donors (Lipinski definition) is 2. The molecule has 0 unspecified atom stereocenters. The third-order valence-corrected chi connectivity index (χ3v) is 13.0. The topological polar surface area (TPSA) is 179 Å². The fourth-order valence-corrected chi connectivity index (χ4v) is 9.53. The number of piperidine rings is 1. The first-order chi connectivity index (χ1) is 27.4. The number of carbonyl (C=O) groups excluding carboxylic acids is 4. The number of carboxylic acid groups (broad SMARTS) is 2. The summed E-state index contributed by atoms with van der Waals surface area (Å²) < 4.78 is 29.1. The largest absolute Gasteiger partial charge is 1.00 e. The van der Waals surface area contributed by atoms with Gasteiger partial charge in [0.1, 0.15) is 0 Å². The van der Waals surface area contributed by atoms with E-state index in [-0.39, 0.29) is 143 Å². The van der Waals surface area contributed by atoms with Crippen molar-refractivity contribution in [1.82, 2.24) is 4.31 Å². The van der Waals surface area contributed by atoms with Crippen LogP contribution in [0.15, 0.2) is 95.9 Å². The molecule has 1 saturated carbocycles. The molecule has 300 valence electrons. The molecule has 2 amide bonds. The van der Waals surface area contributed by atoms with Gasteiger partial charge in [0.15, 0.2) is 0 Å². The van der Waals surface area contributed by atoms with E-state index in [9.17, 15) is 37.8 Å². The molecule has 0 atom stereocenters. The maximum Gasteiger partial charge on any atom is 1.00 e. The second-order valence-corrected chi connectivity index (χ2v) is 16.7. The molecule has 59 heavy (non-hydrogen) atoms. The summed E-state index contributed by atoms with van der Waals surface area (Å²) in [4.78, 5) is 52.2. The number of hydrogen-bond acceptors (Lipinski definition) is 9. The Morgan fingerprint density at radius 1 is 0.729 bits per heavy atom. The van der Waals surface area contributed by atoms with Crippen molar-refractivity contribution >= 4 is 50.8 Å². The van der Waals surface area contributed by atoms with Gasteiger partial charge < -0.3 is 35.3 Å². The Morgan fingerprint density at radius 2 is 1.36 bits per heavy atom. The van der Waals surface area contributed by atoms with E-state index in [0.29, 0.717) is 31.4 Å². The number of aliphatic carboxylic acids is 1. The van der Waals surface area contributed by atoms with Gasteiger partial charge in [-0.1, -0.05) is 49.4 Å². The van der Waals surface area contributed by atoms with Gasteiger partial charge in [-0.2, -0.15) is 4.31 Å². The molecule has 0 aromatic heterocycles. The van der Waals surface area contributed by atoms with E-state index >= 15 is 0 Å². The molecule has 15 heteroatoms. The van der Waals surface area contributed by atoms with Crippen LogP contribution in [-0.2, 0) is 27.7 Å². The zero-order valence-corrected chi connectivity index (χ0v) is 41.1. The number of aromatic carboxylic acids is 1. The van der Waals surface area contributed by atoms with Crippen molar-refractivity contribution in [3.05, 3.63) is 119 Å². The quantitative estimate of drug-likeness (QED) is 0.143. The minimum absolute atomic E-state index is 0. The Hall–Kier alpha value is -2.26. The number of aryl methyl sites for hydroxylation is 2. The molecule has 6 rings (SSSR count). The van der Waals surface area contributed by atoms with E-state index in [0.717, 1.165) is 68.4 Å². The van der Waals surface area contributed by atoms with Crippen LogP contribution >= 0.6 is 0 Å². The van der Waals surface area contributed by atoms with Gasteiger partial charge in [-0.15, -0.1) is 0 Å². The van der Waals surface area contributed by atoms with Crippen LogP contribution in [-0.4, -0.2) is 62.2 Å². The number of carbonyl (C=O) groups is 4. The van der Waals surface area contributed by atoms with Crippen LogP contribution in [0, 0.1) is 5.92 Å². The molecule has 0 bridgehead atoms. The summed E-state index contributed by atoms with van der Waals surface area (Å²) in [6.45, 7) is 3.64. The monoisotopic (exact) mass is 870 g/mol. The molecule has 1 saturated heterocycles. The minimum Gasteiger partial charge on any atom is -0.550 e. The molecule has 1 aliphatic heterocycles. The molecule has 0 spiro atoms. The van der Waals surface area contributed by atoms with Crippen molar-refractivity contribution in [1.29, 1.82) is 0 Å². The zero-order valence-electron chi connectivity index (χ0n) is 34.1. The summed E-state index contributed by atoms with van der Waals surface area (Å²) in [6, 6.07) is 25.0. The van der Waals surface area contributed by atoms with E-state index in [2.05, 4.69) is 15.5 Å². The van der Waals surface area contributed by atoms with Crippen molar-refractivity contribution in [3.63, 3.8) is 0 Å². The summed E-state index contributed by atoms with van der Waals surface area (Å²) in [7, 11) is -4.02. The molecule has 0 radical (unpaired) electrons. The van der Waals surface area contributed by atoms with Crippen LogP contribution < -0.4 is 129 Å². The number of carboxylic acids is 2. The number of amides is 2. The number of rotatable bonds is 15. The molecule has 2 N–H and O–H groups in total. The van der Waals surface area contributed by atoms with Gasteiger partial charge in [-0.3, -0.25) is 9.59 Å². The predicted molar refractivity (Wildman–Crippen MR) is 214 cm³/mol. The maximum absolute atomic E-state index is 13.9. The number of anilines is 3. The Morgan fingerprint density at radius 3 is 1.95 bits per heavy atom. The third-order valence-electron chi connectivity index (χ3n) is 11.0. The Labute approximate surface area is 431 Å². The van der Waals surface area contributed by atoms with Crippen molar-refractivity contribution in [2.45, 2.75) is 82.1 Å². The fourth-order valence-electron chi connectivity index (χ4n) is 7.79. The molecule has 12 nitrogen and oxygen atoms in total. The van der Waals surface area contributed by atoms with Crippen molar-refractivity contribution in [2.24, 2.45) is 5.92 Å². The van der Waals surface area contributed by atoms with Gasteiger partial charge in [0.05, 0.1) is 22.1 Å². The smallest absolute Gasteiger partial charge is 0.550 e. The van der Waals surface area contributed by atoms with Crippen LogP contribution in [0.2, 0.25) is 0 Å².